The molecule has 0 aliphatic rings. The first-order valence-corrected chi connectivity index (χ1v) is 5.95. The van der Waals surface area contributed by atoms with Crippen molar-refractivity contribution in [2.75, 3.05) is 0 Å². The van der Waals surface area contributed by atoms with Gasteiger partial charge in [0.05, 0.1) is 0 Å². The maximum atomic E-state index is 11.9. The van der Waals surface area contributed by atoms with Crippen LogP contribution in [0.25, 0.3) is 0 Å². The average molecular weight is 309 g/mol. The molecule has 0 N–H and O–H groups in total. The number of Topliss-reactive ketones (excluding diaryl/α,β-unsaturated/α-hetero) is 1. The number of benzene rings is 1. The summed E-state index contributed by atoms with van der Waals surface area (Å²) in [7, 11) is 0. The molecule has 0 bridgehead atoms. The lowest BCUT2D eigenvalue weighted by atomic mass is 10.0. The van der Waals surface area contributed by atoms with Crippen LogP contribution >= 0.6 is 15.9 Å². The minimum absolute atomic E-state index is 0.0726. The van der Waals surface area contributed by atoms with Gasteiger partial charge in [0, 0.05) is 22.9 Å². The van der Waals surface area contributed by atoms with Gasteiger partial charge in [-0.25, -0.2) is 0 Å². The van der Waals surface area contributed by atoms with E-state index in [1.807, 2.05) is 0 Å². The molecule has 0 saturated heterocycles. The van der Waals surface area contributed by atoms with Gasteiger partial charge in [0.2, 0.25) is 0 Å². The molecule has 0 unspecified atom stereocenters. The molecule has 17 heavy (non-hydrogen) atoms. The second kappa shape index (κ2) is 5.67. The number of alkyl halides is 3. The number of aryl methyl sites for hydroxylation is 1. The summed E-state index contributed by atoms with van der Waals surface area (Å²) in [4.78, 5) is 11.7. The fraction of sp³-hybridized carbons (Fsp3) is 0.417. The molecule has 94 valence electrons. The number of halogens is 4. The molecule has 5 heteroatoms. The van der Waals surface area contributed by atoms with E-state index in [-0.39, 0.29) is 18.6 Å². The third-order valence-corrected chi connectivity index (χ3v) is 2.86. The molecule has 0 aliphatic heterocycles. The van der Waals surface area contributed by atoms with Crippen LogP contribution in [0.3, 0.4) is 0 Å². The van der Waals surface area contributed by atoms with Crippen molar-refractivity contribution in [2.24, 2.45) is 0 Å². The van der Waals surface area contributed by atoms with Gasteiger partial charge in [-0.1, -0.05) is 22.0 Å². The molecule has 0 atom stereocenters. The zero-order valence-electron chi connectivity index (χ0n) is 9.27. The van der Waals surface area contributed by atoms with Crippen LogP contribution in [-0.2, 0) is 0 Å². The van der Waals surface area contributed by atoms with Gasteiger partial charge in [0.1, 0.15) is 0 Å². The standard InChI is InChI=1S/C12H12BrF3O/c1-8-4-5-9(13)7-10(8)11(17)3-2-6-12(14,15)16/h4-5,7H,2-3,6H2,1H3. The molecule has 0 aromatic heterocycles. The number of hydrogen-bond acceptors (Lipinski definition) is 1. The summed E-state index contributed by atoms with van der Waals surface area (Å²) in [5.74, 6) is -0.243. The van der Waals surface area contributed by atoms with Crippen LogP contribution in [0.5, 0.6) is 0 Å². The molecule has 0 radical (unpaired) electrons. The van der Waals surface area contributed by atoms with Crippen LogP contribution in [0.15, 0.2) is 22.7 Å². The van der Waals surface area contributed by atoms with Crippen LogP contribution in [-0.4, -0.2) is 12.0 Å². The van der Waals surface area contributed by atoms with Crippen molar-refractivity contribution in [3.8, 4) is 0 Å². The Morgan fingerprint density at radius 1 is 1.35 bits per heavy atom. The summed E-state index contributed by atoms with van der Waals surface area (Å²) in [6.07, 6.45) is -5.33. The Hall–Kier alpha value is -0.840. The number of ketones is 1. The fourth-order valence-corrected chi connectivity index (χ4v) is 1.84. The molecule has 1 rings (SSSR count). The van der Waals surface area contributed by atoms with E-state index < -0.39 is 12.6 Å². The molecule has 0 heterocycles. The number of rotatable bonds is 4. The molecule has 0 fully saturated rings. The van der Waals surface area contributed by atoms with Crippen molar-refractivity contribution < 1.29 is 18.0 Å². The third-order valence-electron chi connectivity index (χ3n) is 2.36. The van der Waals surface area contributed by atoms with Gasteiger partial charge in [-0.05, 0) is 31.0 Å². The van der Waals surface area contributed by atoms with Crippen molar-refractivity contribution >= 4 is 21.7 Å². The lowest BCUT2D eigenvalue weighted by Gasteiger charge is -2.07. The first-order chi connectivity index (χ1) is 7.79. The first kappa shape index (κ1) is 14.2. The first-order valence-electron chi connectivity index (χ1n) is 5.16. The van der Waals surface area contributed by atoms with E-state index in [9.17, 15) is 18.0 Å². The smallest absolute Gasteiger partial charge is 0.294 e. The fourth-order valence-electron chi connectivity index (χ4n) is 1.48. The minimum Gasteiger partial charge on any atom is -0.294 e. The molecular weight excluding hydrogens is 297 g/mol. The van der Waals surface area contributed by atoms with Gasteiger partial charge in [-0.15, -0.1) is 0 Å². The van der Waals surface area contributed by atoms with Crippen LogP contribution in [0, 0.1) is 6.92 Å². The van der Waals surface area contributed by atoms with E-state index in [1.54, 1.807) is 25.1 Å². The summed E-state index contributed by atoms with van der Waals surface area (Å²) in [5.41, 5.74) is 1.27. The second-order valence-electron chi connectivity index (χ2n) is 3.85. The van der Waals surface area contributed by atoms with Crippen molar-refractivity contribution in [3.05, 3.63) is 33.8 Å². The van der Waals surface area contributed by atoms with Gasteiger partial charge in [0.15, 0.2) is 5.78 Å². The number of hydrogen-bond donors (Lipinski definition) is 0. The summed E-state index contributed by atoms with van der Waals surface area (Å²) in [5, 5.41) is 0. The van der Waals surface area contributed by atoms with Crippen molar-refractivity contribution in [2.45, 2.75) is 32.4 Å². The molecule has 1 nitrogen and oxygen atoms in total. The van der Waals surface area contributed by atoms with E-state index >= 15 is 0 Å². The van der Waals surface area contributed by atoms with Crippen LogP contribution in [0.2, 0.25) is 0 Å². The Bertz CT molecular complexity index is 413. The van der Waals surface area contributed by atoms with Crippen molar-refractivity contribution in [3.63, 3.8) is 0 Å². The van der Waals surface area contributed by atoms with Crippen molar-refractivity contribution in [1.82, 2.24) is 0 Å². The monoisotopic (exact) mass is 308 g/mol. The predicted octanol–water partition coefficient (Wildman–Crippen LogP) is 4.67. The molecule has 0 aliphatic carbocycles. The van der Waals surface area contributed by atoms with Gasteiger partial charge < -0.3 is 0 Å². The minimum atomic E-state index is -4.19. The normalized spacial score (nSPS) is 11.6. The van der Waals surface area contributed by atoms with Gasteiger partial charge >= 0.3 is 6.18 Å². The quantitative estimate of drug-likeness (QED) is 0.739. The molecule has 0 spiro atoms. The summed E-state index contributed by atoms with van der Waals surface area (Å²) in [6, 6.07) is 5.20. The lowest BCUT2D eigenvalue weighted by Crippen LogP contribution is -2.09. The van der Waals surface area contributed by atoms with E-state index in [1.165, 1.54) is 0 Å². The highest BCUT2D eigenvalue weighted by molar-refractivity contribution is 9.10. The Balaban J connectivity index is 2.61. The SMILES string of the molecule is Cc1ccc(Br)cc1C(=O)CCCC(F)(F)F. The third kappa shape index (κ3) is 4.89. The maximum absolute atomic E-state index is 11.9. The van der Waals surface area contributed by atoms with E-state index in [0.29, 0.717) is 5.56 Å². The van der Waals surface area contributed by atoms with Crippen LogP contribution in [0.4, 0.5) is 13.2 Å². The summed E-state index contributed by atoms with van der Waals surface area (Å²) < 4.78 is 36.6. The molecule has 0 saturated carbocycles. The van der Waals surface area contributed by atoms with E-state index in [4.69, 9.17) is 0 Å². The van der Waals surface area contributed by atoms with Gasteiger partial charge in [-0.3, -0.25) is 4.79 Å². The Kier molecular flexibility index (Phi) is 4.74. The van der Waals surface area contributed by atoms with Gasteiger partial charge in [0.25, 0.3) is 0 Å². The van der Waals surface area contributed by atoms with E-state index in [2.05, 4.69) is 15.9 Å². The van der Waals surface area contributed by atoms with Crippen LogP contribution in [0.1, 0.15) is 35.2 Å². The highest BCUT2D eigenvalue weighted by atomic mass is 79.9. The Labute approximate surface area is 106 Å². The van der Waals surface area contributed by atoms with Crippen molar-refractivity contribution in [1.29, 1.82) is 0 Å². The topological polar surface area (TPSA) is 17.1 Å². The largest absolute Gasteiger partial charge is 0.389 e. The molecule has 0 amide bonds. The van der Waals surface area contributed by atoms with Gasteiger partial charge in [-0.2, -0.15) is 13.2 Å². The predicted molar refractivity (Wildman–Crippen MR) is 63.1 cm³/mol. The Morgan fingerprint density at radius 2 is 2.00 bits per heavy atom. The Morgan fingerprint density at radius 3 is 2.59 bits per heavy atom. The highest BCUT2D eigenvalue weighted by Crippen LogP contribution is 2.24. The lowest BCUT2D eigenvalue weighted by molar-refractivity contribution is -0.135. The molecule has 1 aromatic rings. The molecular formula is C12H12BrF3O. The maximum Gasteiger partial charge on any atom is 0.389 e. The zero-order valence-corrected chi connectivity index (χ0v) is 10.9. The zero-order chi connectivity index (χ0) is 13.1. The number of carbonyl (C=O) groups is 1. The molecule has 1 aromatic carbocycles. The summed E-state index contributed by atoms with van der Waals surface area (Å²) >= 11 is 3.23. The number of carbonyl (C=O) groups excluding carboxylic acids is 1. The highest BCUT2D eigenvalue weighted by Gasteiger charge is 2.26. The van der Waals surface area contributed by atoms with Crippen LogP contribution < -0.4 is 0 Å². The summed E-state index contributed by atoms with van der Waals surface area (Å²) in [6.45, 7) is 1.77. The second-order valence-corrected chi connectivity index (χ2v) is 4.77. The average Bonchev–Trinajstić information content (AvgIpc) is 2.19. The van der Waals surface area contributed by atoms with E-state index in [0.717, 1.165) is 10.0 Å².